The van der Waals surface area contributed by atoms with Crippen LogP contribution in [0.15, 0.2) is 12.2 Å². The predicted octanol–water partition coefficient (Wildman–Crippen LogP) is 6.90. The smallest absolute Gasteiger partial charge is 0.387 e. The van der Waals surface area contributed by atoms with E-state index in [2.05, 4.69) is 19.2 Å². The minimum Gasteiger partial charge on any atom is -0.387 e. The van der Waals surface area contributed by atoms with Crippen molar-refractivity contribution in [1.82, 2.24) is 5.32 Å². The van der Waals surface area contributed by atoms with E-state index in [1.54, 1.807) is 6.08 Å². The standard InChI is InChI=1S/C30H61N2O6P/c1-6-8-10-12-14-15-16-18-20-22-24-30(34)31-28(29(33)23-21-19-17-13-11-9-7-2)27-38-39(35,36)37-26-25-32(3,4)5/h21,23,28-29,33H,6-20,22,24-27H2,1-5H3,(H-,31,34,35,36)/p+1/b23-21+. The molecule has 0 aliphatic rings. The zero-order chi connectivity index (χ0) is 29.4. The van der Waals surface area contributed by atoms with E-state index >= 15 is 0 Å². The summed E-state index contributed by atoms with van der Waals surface area (Å²) >= 11 is 0. The van der Waals surface area contributed by atoms with Crippen molar-refractivity contribution in [1.29, 1.82) is 0 Å². The maximum absolute atomic E-state index is 12.6. The van der Waals surface area contributed by atoms with Crippen LogP contribution >= 0.6 is 7.82 Å². The number of likely N-dealkylation sites (N-methyl/N-ethyl adjacent to an activating group) is 1. The summed E-state index contributed by atoms with van der Waals surface area (Å²) in [7, 11) is 1.57. The first-order valence-electron chi connectivity index (χ1n) is 15.6. The van der Waals surface area contributed by atoms with Crippen molar-refractivity contribution in [3.05, 3.63) is 12.2 Å². The molecule has 0 aromatic rings. The molecule has 3 unspecified atom stereocenters. The van der Waals surface area contributed by atoms with Crippen molar-refractivity contribution in [2.75, 3.05) is 40.9 Å². The van der Waals surface area contributed by atoms with Crippen LogP contribution in [0.2, 0.25) is 0 Å². The summed E-state index contributed by atoms with van der Waals surface area (Å²) in [6.07, 6.45) is 21.4. The lowest BCUT2D eigenvalue weighted by Gasteiger charge is -2.25. The lowest BCUT2D eigenvalue weighted by atomic mass is 10.1. The number of quaternary nitrogens is 1. The monoisotopic (exact) mass is 577 g/mol. The number of hydrogen-bond acceptors (Lipinski definition) is 5. The summed E-state index contributed by atoms with van der Waals surface area (Å²) in [5, 5.41) is 13.5. The van der Waals surface area contributed by atoms with E-state index in [0.29, 0.717) is 17.4 Å². The van der Waals surface area contributed by atoms with Crippen LogP contribution in [0.5, 0.6) is 0 Å². The summed E-state index contributed by atoms with van der Waals surface area (Å²) in [5.74, 6) is -0.186. The maximum Gasteiger partial charge on any atom is 0.472 e. The molecule has 0 radical (unpaired) electrons. The summed E-state index contributed by atoms with van der Waals surface area (Å²) in [5.41, 5.74) is 0. The normalized spacial score (nSPS) is 15.4. The van der Waals surface area contributed by atoms with Gasteiger partial charge in [-0.3, -0.25) is 13.8 Å². The predicted molar refractivity (Wildman–Crippen MR) is 162 cm³/mol. The van der Waals surface area contributed by atoms with E-state index in [4.69, 9.17) is 9.05 Å². The molecular formula is C30H62N2O6P+. The molecule has 3 atom stereocenters. The molecule has 0 fully saturated rings. The third kappa shape index (κ3) is 25.9. The van der Waals surface area contributed by atoms with E-state index in [1.807, 2.05) is 27.2 Å². The fraction of sp³-hybridized carbons (Fsp3) is 0.900. The molecule has 0 saturated heterocycles. The highest BCUT2D eigenvalue weighted by Gasteiger charge is 2.27. The molecule has 0 rings (SSSR count). The van der Waals surface area contributed by atoms with Gasteiger partial charge in [-0.25, -0.2) is 4.57 Å². The fourth-order valence-electron chi connectivity index (χ4n) is 4.15. The molecule has 0 saturated carbocycles. The minimum absolute atomic E-state index is 0.0630. The summed E-state index contributed by atoms with van der Waals surface area (Å²) in [6, 6.07) is -0.834. The van der Waals surface area contributed by atoms with Crippen LogP contribution in [0.4, 0.5) is 0 Å². The third-order valence-electron chi connectivity index (χ3n) is 6.76. The number of aliphatic hydroxyl groups is 1. The Kier molecular flexibility index (Phi) is 23.4. The van der Waals surface area contributed by atoms with E-state index < -0.39 is 20.0 Å². The van der Waals surface area contributed by atoms with E-state index in [1.165, 1.54) is 64.2 Å². The van der Waals surface area contributed by atoms with Gasteiger partial charge in [-0.2, -0.15) is 0 Å². The molecule has 0 aromatic carbocycles. The SMILES string of the molecule is CCCCCCC/C=C/C(O)C(COP(=O)(O)OCC[N+](C)(C)C)NC(=O)CCCCCCCCCCCC. The lowest BCUT2D eigenvalue weighted by molar-refractivity contribution is -0.870. The first-order chi connectivity index (χ1) is 18.5. The number of rotatable bonds is 27. The van der Waals surface area contributed by atoms with Crippen molar-refractivity contribution < 1.29 is 32.9 Å². The number of nitrogens with one attached hydrogen (secondary N) is 1. The first kappa shape index (κ1) is 38.2. The van der Waals surface area contributed by atoms with Crippen molar-refractivity contribution in [2.24, 2.45) is 0 Å². The van der Waals surface area contributed by atoms with Crippen LogP contribution in [0.1, 0.15) is 123 Å². The minimum atomic E-state index is -4.31. The van der Waals surface area contributed by atoms with Gasteiger partial charge in [-0.15, -0.1) is 0 Å². The fourth-order valence-corrected chi connectivity index (χ4v) is 4.89. The molecular weight excluding hydrogens is 515 g/mol. The van der Waals surface area contributed by atoms with E-state index in [0.717, 1.165) is 38.5 Å². The van der Waals surface area contributed by atoms with Crippen LogP contribution in [-0.4, -0.2) is 73.4 Å². The molecule has 0 spiro atoms. The van der Waals surface area contributed by atoms with Gasteiger partial charge < -0.3 is 19.8 Å². The number of unbranched alkanes of at least 4 members (excludes halogenated alkanes) is 14. The second-order valence-corrected chi connectivity index (χ2v) is 13.3. The molecule has 0 aliphatic carbocycles. The van der Waals surface area contributed by atoms with Gasteiger partial charge in [0.1, 0.15) is 13.2 Å². The highest BCUT2D eigenvalue weighted by molar-refractivity contribution is 7.47. The van der Waals surface area contributed by atoms with Gasteiger partial charge in [0.15, 0.2) is 0 Å². The van der Waals surface area contributed by atoms with Gasteiger partial charge in [-0.05, 0) is 19.3 Å². The Morgan fingerprint density at radius 1 is 0.846 bits per heavy atom. The molecule has 0 heterocycles. The third-order valence-corrected chi connectivity index (χ3v) is 7.74. The first-order valence-corrected chi connectivity index (χ1v) is 17.1. The largest absolute Gasteiger partial charge is 0.472 e. The lowest BCUT2D eigenvalue weighted by Crippen LogP contribution is -2.45. The average molecular weight is 578 g/mol. The molecule has 39 heavy (non-hydrogen) atoms. The number of phosphoric acid groups is 1. The van der Waals surface area contributed by atoms with Crippen LogP contribution in [-0.2, 0) is 18.4 Å². The number of hydrogen-bond donors (Lipinski definition) is 3. The number of aliphatic hydroxyl groups excluding tert-OH is 1. The Morgan fingerprint density at radius 2 is 1.36 bits per heavy atom. The van der Waals surface area contributed by atoms with Crippen LogP contribution in [0.25, 0.3) is 0 Å². The molecule has 0 aromatic heterocycles. The van der Waals surface area contributed by atoms with Crippen molar-refractivity contribution in [2.45, 2.75) is 135 Å². The van der Waals surface area contributed by atoms with Crippen molar-refractivity contribution >= 4 is 13.7 Å². The number of carbonyl (C=O) groups is 1. The number of nitrogens with zero attached hydrogens (tertiary/aromatic N) is 1. The quantitative estimate of drug-likeness (QED) is 0.0425. The Hall–Kier alpha value is -0.760. The summed E-state index contributed by atoms with van der Waals surface area (Å²) < 4.78 is 23.2. The molecule has 232 valence electrons. The van der Waals surface area contributed by atoms with E-state index in [-0.39, 0.29) is 19.1 Å². The number of allylic oxidation sites excluding steroid dienone is 1. The maximum atomic E-state index is 12.6. The van der Waals surface area contributed by atoms with E-state index in [9.17, 15) is 19.4 Å². The molecule has 1 amide bonds. The number of amides is 1. The Bertz CT molecular complexity index is 668. The highest BCUT2D eigenvalue weighted by Crippen LogP contribution is 2.43. The Labute approximate surface area is 240 Å². The van der Waals surface area contributed by atoms with Gasteiger partial charge >= 0.3 is 7.82 Å². The summed E-state index contributed by atoms with van der Waals surface area (Å²) in [4.78, 5) is 22.7. The Morgan fingerprint density at radius 3 is 1.90 bits per heavy atom. The second-order valence-electron chi connectivity index (χ2n) is 11.8. The molecule has 0 aliphatic heterocycles. The average Bonchev–Trinajstić information content (AvgIpc) is 2.86. The van der Waals surface area contributed by atoms with Crippen LogP contribution < -0.4 is 5.32 Å². The Balaban J connectivity index is 4.63. The topological polar surface area (TPSA) is 105 Å². The van der Waals surface area contributed by atoms with Gasteiger partial charge in [0, 0.05) is 6.42 Å². The van der Waals surface area contributed by atoms with Gasteiger partial charge in [0.05, 0.1) is 39.9 Å². The van der Waals surface area contributed by atoms with Crippen molar-refractivity contribution in [3.8, 4) is 0 Å². The zero-order valence-corrected chi connectivity index (χ0v) is 26.8. The molecule has 3 N–H and O–H groups in total. The van der Waals surface area contributed by atoms with Crippen molar-refractivity contribution in [3.63, 3.8) is 0 Å². The van der Waals surface area contributed by atoms with Gasteiger partial charge in [0.25, 0.3) is 0 Å². The zero-order valence-electron chi connectivity index (χ0n) is 25.9. The molecule has 0 bridgehead atoms. The van der Waals surface area contributed by atoms with Gasteiger partial charge in [0.2, 0.25) is 5.91 Å². The van der Waals surface area contributed by atoms with Gasteiger partial charge in [-0.1, -0.05) is 109 Å². The molecule has 9 heteroatoms. The number of carbonyl (C=O) groups excluding carboxylic acids is 1. The van der Waals surface area contributed by atoms with Crippen LogP contribution in [0, 0.1) is 0 Å². The number of phosphoric ester groups is 1. The molecule has 8 nitrogen and oxygen atoms in total. The summed E-state index contributed by atoms with van der Waals surface area (Å²) in [6.45, 7) is 4.70. The highest BCUT2D eigenvalue weighted by atomic mass is 31.2. The van der Waals surface area contributed by atoms with Crippen LogP contribution in [0.3, 0.4) is 0 Å². The second kappa shape index (κ2) is 23.9.